The van der Waals surface area contributed by atoms with Gasteiger partial charge in [0.1, 0.15) is 26.4 Å². The maximum Gasteiger partial charge on any atom is 0.407 e. The van der Waals surface area contributed by atoms with Gasteiger partial charge in [0.05, 0.1) is 13.2 Å². The van der Waals surface area contributed by atoms with Gasteiger partial charge in [0.25, 0.3) is 0 Å². The smallest absolute Gasteiger partial charge is 0.407 e. The summed E-state index contributed by atoms with van der Waals surface area (Å²) in [6, 6.07) is 0.369. The van der Waals surface area contributed by atoms with Crippen LogP contribution in [0.2, 0.25) is 51.9 Å². The van der Waals surface area contributed by atoms with Crippen molar-refractivity contribution in [3.63, 3.8) is 0 Å². The Bertz CT molecular complexity index is 1590. The summed E-state index contributed by atoms with van der Waals surface area (Å²) in [5, 5.41) is 6.03. The van der Waals surface area contributed by atoms with Crippen LogP contribution < -0.4 is 10.6 Å². The van der Waals surface area contributed by atoms with E-state index in [1.54, 1.807) is 0 Å². The van der Waals surface area contributed by atoms with Gasteiger partial charge in [-0.15, -0.1) is 0 Å². The SMILES string of the molecule is C=CC(=O)OCCOC(=O)NC1CC(C)(C)CC(C)(CCC(=O)OC(COCCC[Si](C)(O[Si](C)(C)C)O[Si](C)(C)C)COC(=O)NC2CC(C)(C)CC(C)(CCC(=O)OCCOCC)C2)C1. The van der Waals surface area contributed by atoms with Crippen LogP contribution in [0.4, 0.5) is 9.59 Å². The Hall–Kier alpha value is -2.82. The summed E-state index contributed by atoms with van der Waals surface area (Å²) in [5.41, 5.74) is -0.747. The van der Waals surface area contributed by atoms with Gasteiger partial charge in [0.2, 0.25) is 0 Å². The van der Waals surface area contributed by atoms with E-state index in [1.807, 2.05) is 6.92 Å². The number of nitrogens with one attached hydrogen (secondary N) is 2. The lowest BCUT2D eigenvalue weighted by atomic mass is 9.61. The molecule has 2 aliphatic carbocycles. The van der Waals surface area contributed by atoms with E-state index in [0.29, 0.717) is 51.9 Å². The molecule has 0 radical (unpaired) electrons. The van der Waals surface area contributed by atoms with E-state index in [2.05, 4.69) is 105 Å². The van der Waals surface area contributed by atoms with Crippen molar-refractivity contribution >= 4 is 55.3 Å². The Kier molecular flexibility index (Phi) is 24.3. The van der Waals surface area contributed by atoms with E-state index in [9.17, 15) is 24.0 Å². The molecule has 0 heterocycles. The topological polar surface area (TPSA) is 192 Å². The molecule has 5 atom stereocenters. The summed E-state index contributed by atoms with van der Waals surface area (Å²) in [6.45, 7) is 34.5. The summed E-state index contributed by atoms with van der Waals surface area (Å²) in [4.78, 5) is 63.6. The maximum absolute atomic E-state index is 13.6. The Morgan fingerprint density at radius 1 is 0.627 bits per heavy atom. The van der Waals surface area contributed by atoms with Crippen molar-refractivity contribution in [2.24, 2.45) is 21.7 Å². The molecule has 5 unspecified atom stereocenters. The quantitative estimate of drug-likeness (QED) is 0.0237. The third kappa shape index (κ3) is 26.7. The van der Waals surface area contributed by atoms with E-state index < -0.39 is 55.4 Å². The lowest BCUT2D eigenvalue weighted by molar-refractivity contribution is -0.156. The van der Waals surface area contributed by atoms with Gasteiger partial charge >= 0.3 is 38.7 Å². The maximum atomic E-state index is 13.6. The van der Waals surface area contributed by atoms with Gasteiger partial charge in [-0.1, -0.05) is 48.1 Å². The van der Waals surface area contributed by atoms with Crippen molar-refractivity contribution in [1.29, 1.82) is 0 Å². The molecule has 2 aliphatic rings. The molecule has 16 nitrogen and oxygen atoms in total. The van der Waals surface area contributed by atoms with Crippen LogP contribution in [0.5, 0.6) is 0 Å². The predicted molar refractivity (Wildman–Crippen MR) is 266 cm³/mol. The fourth-order valence-corrected chi connectivity index (χ4v) is 23.0. The van der Waals surface area contributed by atoms with Crippen LogP contribution in [-0.4, -0.2) is 126 Å². The molecule has 0 aromatic rings. The second kappa shape index (κ2) is 27.0. The highest BCUT2D eigenvalue weighted by Crippen LogP contribution is 2.50. The number of alkyl carbamates (subject to hydrolysis) is 2. The summed E-state index contributed by atoms with van der Waals surface area (Å²) in [5.74, 6) is -1.29. The summed E-state index contributed by atoms with van der Waals surface area (Å²) < 4.78 is 52.0. The number of carbonyl (C=O) groups is 5. The average Bonchev–Trinajstić information content (AvgIpc) is 3.15. The minimum absolute atomic E-state index is 0.0292. The van der Waals surface area contributed by atoms with E-state index in [4.69, 9.17) is 41.4 Å². The van der Waals surface area contributed by atoms with Gasteiger partial charge in [-0.05, 0) is 138 Å². The van der Waals surface area contributed by atoms with Crippen LogP contribution >= 0.6 is 0 Å². The van der Waals surface area contributed by atoms with E-state index >= 15 is 0 Å². The molecule has 2 fully saturated rings. The molecule has 388 valence electrons. The molecular weight excluding hydrogens is 913 g/mol. The third-order valence-electron chi connectivity index (χ3n) is 11.8. The van der Waals surface area contributed by atoms with Crippen molar-refractivity contribution in [1.82, 2.24) is 10.6 Å². The molecule has 0 bridgehead atoms. The molecule has 2 N–H and O–H groups in total. The third-order valence-corrected chi connectivity index (χ3v) is 21.4. The minimum atomic E-state index is -2.48. The highest BCUT2D eigenvalue weighted by molar-refractivity contribution is 6.87. The van der Waals surface area contributed by atoms with E-state index in [1.165, 1.54) is 0 Å². The number of carbonyl (C=O) groups excluding carboxylic acids is 5. The number of esters is 3. The zero-order valence-corrected chi connectivity index (χ0v) is 46.9. The number of hydrogen-bond acceptors (Lipinski definition) is 14. The van der Waals surface area contributed by atoms with Crippen molar-refractivity contribution in [3.8, 4) is 0 Å². The zero-order valence-electron chi connectivity index (χ0n) is 43.9. The lowest BCUT2D eigenvalue weighted by Crippen LogP contribution is -2.52. The van der Waals surface area contributed by atoms with Crippen molar-refractivity contribution in [3.05, 3.63) is 12.7 Å². The molecule has 67 heavy (non-hydrogen) atoms. The molecule has 0 spiro atoms. The Labute approximate surface area is 406 Å². The van der Waals surface area contributed by atoms with Gasteiger partial charge in [-0.3, -0.25) is 9.59 Å². The number of amides is 2. The molecule has 2 amide bonds. The monoisotopic (exact) mass is 1000 g/mol. The Balaban J connectivity index is 2.10. The summed E-state index contributed by atoms with van der Waals surface area (Å²) in [7, 11) is -6.24. The van der Waals surface area contributed by atoms with Gasteiger partial charge < -0.3 is 52.0 Å². The highest BCUT2D eigenvalue weighted by Gasteiger charge is 2.44. The van der Waals surface area contributed by atoms with Gasteiger partial charge in [0, 0.05) is 44.2 Å². The van der Waals surface area contributed by atoms with Crippen LogP contribution in [0.25, 0.3) is 0 Å². The second-order valence-corrected chi connectivity index (χ2v) is 36.0. The largest absolute Gasteiger partial charge is 0.463 e. The molecule has 0 aromatic carbocycles. The number of hydrogen-bond donors (Lipinski definition) is 2. The molecule has 2 saturated carbocycles. The molecule has 0 aliphatic heterocycles. The Morgan fingerprint density at radius 3 is 1.63 bits per heavy atom. The van der Waals surface area contributed by atoms with Crippen LogP contribution in [0, 0.1) is 21.7 Å². The van der Waals surface area contributed by atoms with Gasteiger partial charge in [0.15, 0.2) is 22.7 Å². The molecule has 0 saturated heterocycles. The van der Waals surface area contributed by atoms with Crippen molar-refractivity contribution in [2.75, 3.05) is 52.9 Å². The molecule has 0 aromatic heterocycles. The van der Waals surface area contributed by atoms with Crippen LogP contribution in [0.1, 0.15) is 119 Å². The van der Waals surface area contributed by atoms with Gasteiger partial charge in [-0.25, -0.2) is 14.4 Å². The van der Waals surface area contributed by atoms with E-state index in [-0.39, 0.29) is 85.6 Å². The second-order valence-electron chi connectivity index (χ2n) is 23.2. The van der Waals surface area contributed by atoms with Crippen molar-refractivity contribution < 1.29 is 65.4 Å². The summed E-state index contributed by atoms with van der Waals surface area (Å²) in [6.07, 6.45) is 5.68. The highest BCUT2D eigenvalue weighted by atomic mass is 28.5. The fraction of sp³-hybridized carbons (Fsp3) is 0.854. The first-order valence-corrected chi connectivity index (χ1v) is 33.8. The zero-order chi connectivity index (χ0) is 50.7. The molecule has 2 rings (SSSR count). The van der Waals surface area contributed by atoms with E-state index in [0.717, 1.165) is 37.8 Å². The number of rotatable bonds is 29. The van der Waals surface area contributed by atoms with Gasteiger partial charge in [-0.2, -0.15) is 0 Å². The Morgan fingerprint density at radius 2 is 1.12 bits per heavy atom. The lowest BCUT2D eigenvalue weighted by Gasteiger charge is -2.46. The first-order valence-electron chi connectivity index (χ1n) is 24.4. The van der Waals surface area contributed by atoms with Crippen LogP contribution in [0.3, 0.4) is 0 Å². The van der Waals surface area contributed by atoms with Crippen LogP contribution in [0.15, 0.2) is 12.7 Å². The fourth-order valence-electron chi connectivity index (χ4n) is 10.5. The first kappa shape index (κ1) is 60.3. The standard InChI is InChI=1S/C48H90N2O14Si3/c1-16-40(51)58-26-27-60-43(54)49-37-29-45(3,4)36-48(8,31-37)22-20-42(53)62-39(33-57-23-18-28-67(15,63-65(9,10)11)64-66(12,13)14)34-61-44(55)50-38-30-46(5,6)35-47(7,32-38)21-19-41(52)59-25-24-56-17-2/h16,37-39H,1,17-36H2,2-15H3,(H,49,54)(H,50,55). The number of ether oxygens (including phenoxy) is 7. The summed E-state index contributed by atoms with van der Waals surface area (Å²) >= 11 is 0. The first-order chi connectivity index (χ1) is 30.9. The molecular formula is C48H90N2O14Si3. The predicted octanol–water partition coefficient (Wildman–Crippen LogP) is 9.57. The normalized spacial score (nSPS) is 23.3. The average molecular weight is 1000 g/mol. The van der Waals surface area contributed by atoms with Crippen LogP contribution in [-0.2, 0) is 55.8 Å². The molecule has 19 heteroatoms. The van der Waals surface area contributed by atoms with Crippen molar-refractivity contribution in [2.45, 2.75) is 189 Å². The minimum Gasteiger partial charge on any atom is -0.463 e.